The fraction of sp³-hybridized carbons (Fsp3) is 0.875. The van der Waals surface area contributed by atoms with Crippen LogP contribution in [0.5, 0.6) is 0 Å². The van der Waals surface area contributed by atoms with E-state index in [4.69, 9.17) is 0 Å². The largest absolute Gasteiger partial charge is 0.354 e. The molecule has 1 N–H and O–H groups in total. The quantitative estimate of drug-likeness (QED) is 0.623. The molecule has 122 valence electrons. The van der Waals surface area contributed by atoms with Crippen molar-refractivity contribution in [1.29, 1.82) is 0 Å². The average Bonchev–Trinajstić information content (AvgIpc) is 2.87. The van der Waals surface area contributed by atoms with Crippen molar-refractivity contribution in [3.8, 4) is 0 Å². The number of aliphatic imine (C=N–C) groups is 1. The molecule has 1 amide bonds. The Morgan fingerprint density at radius 3 is 2.38 bits per heavy atom. The normalized spacial score (nSPS) is 18.2. The number of likely N-dealkylation sites (N-methyl/N-ethyl adjacent to an activating group) is 1. The van der Waals surface area contributed by atoms with Crippen LogP contribution < -0.4 is 5.32 Å². The highest BCUT2D eigenvalue weighted by molar-refractivity contribution is 5.85. The number of nitrogens with zero attached hydrogens (tertiary/aromatic N) is 3. The smallest absolute Gasteiger partial charge is 0.243 e. The first kappa shape index (κ1) is 17.8. The first-order valence-corrected chi connectivity index (χ1v) is 8.09. The van der Waals surface area contributed by atoms with Crippen molar-refractivity contribution in [3.05, 3.63) is 0 Å². The van der Waals surface area contributed by atoms with Gasteiger partial charge in [-0.2, -0.15) is 0 Å². The van der Waals surface area contributed by atoms with E-state index in [1.807, 2.05) is 0 Å². The van der Waals surface area contributed by atoms with Crippen LogP contribution in [0, 0.1) is 5.41 Å². The van der Waals surface area contributed by atoms with Crippen LogP contribution in [0.3, 0.4) is 0 Å². The molecule has 0 spiro atoms. The lowest BCUT2D eigenvalue weighted by molar-refractivity contribution is -0.127. The van der Waals surface area contributed by atoms with E-state index in [9.17, 15) is 4.79 Å². The van der Waals surface area contributed by atoms with E-state index in [0.717, 1.165) is 19.0 Å². The van der Waals surface area contributed by atoms with E-state index in [1.54, 1.807) is 19.0 Å². The molecule has 0 atom stereocenters. The number of amides is 1. The molecule has 1 aliphatic rings. The molecule has 0 aromatic carbocycles. The zero-order valence-electron chi connectivity index (χ0n) is 14.6. The highest BCUT2D eigenvalue weighted by atomic mass is 16.2. The Bertz CT molecular complexity index is 372. The molecule has 0 unspecified atom stereocenters. The van der Waals surface area contributed by atoms with Gasteiger partial charge in [-0.25, -0.2) is 4.99 Å². The van der Waals surface area contributed by atoms with Crippen molar-refractivity contribution in [3.63, 3.8) is 0 Å². The second-order valence-corrected chi connectivity index (χ2v) is 6.61. The Labute approximate surface area is 129 Å². The summed E-state index contributed by atoms with van der Waals surface area (Å²) < 4.78 is 0. The van der Waals surface area contributed by atoms with E-state index in [1.165, 1.54) is 19.3 Å². The van der Waals surface area contributed by atoms with E-state index < -0.39 is 0 Å². The van der Waals surface area contributed by atoms with Crippen LogP contribution in [-0.2, 0) is 4.79 Å². The predicted molar refractivity (Wildman–Crippen MR) is 88.5 cm³/mol. The molecule has 1 heterocycles. The van der Waals surface area contributed by atoms with E-state index >= 15 is 0 Å². The standard InChI is InChI=1S/C16H32N4O/c1-7-16(8-2)9-10-20(12-16)15(18-13(3)4)17-11-14(21)19(5)6/h13H,7-12H2,1-6H3,(H,17,18). The van der Waals surface area contributed by atoms with E-state index in [0.29, 0.717) is 11.5 Å². The third-order valence-corrected chi connectivity index (χ3v) is 4.52. The summed E-state index contributed by atoms with van der Waals surface area (Å²) in [7, 11) is 3.53. The second-order valence-electron chi connectivity index (χ2n) is 6.61. The van der Waals surface area contributed by atoms with Gasteiger partial charge in [-0.05, 0) is 38.5 Å². The molecular formula is C16H32N4O. The van der Waals surface area contributed by atoms with Gasteiger partial charge in [0.2, 0.25) is 5.91 Å². The van der Waals surface area contributed by atoms with Gasteiger partial charge in [0.1, 0.15) is 6.54 Å². The second kappa shape index (κ2) is 7.66. The zero-order valence-corrected chi connectivity index (χ0v) is 14.6. The molecule has 1 aliphatic heterocycles. The lowest BCUT2D eigenvalue weighted by atomic mass is 9.82. The predicted octanol–water partition coefficient (Wildman–Crippen LogP) is 1.94. The lowest BCUT2D eigenvalue weighted by Crippen LogP contribution is -2.44. The fourth-order valence-electron chi connectivity index (χ4n) is 2.72. The average molecular weight is 296 g/mol. The number of rotatable bonds is 5. The third kappa shape index (κ3) is 4.90. The summed E-state index contributed by atoms with van der Waals surface area (Å²) in [4.78, 5) is 20.2. The highest BCUT2D eigenvalue weighted by Gasteiger charge is 2.36. The zero-order chi connectivity index (χ0) is 16.0. The minimum atomic E-state index is 0.0366. The minimum absolute atomic E-state index is 0.0366. The van der Waals surface area contributed by atoms with Gasteiger partial charge in [-0.15, -0.1) is 0 Å². The summed E-state index contributed by atoms with van der Waals surface area (Å²) in [6.07, 6.45) is 3.61. The topological polar surface area (TPSA) is 47.9 Å². The van der Waals surface area contributed by atoms with Crippen molar-refractivity contribution in [2.75, 3.05) is 33.7 Å². The Morgan fingerprint density at radius 2 is 1.95 bits per heavy atom. The van der Waals surface area contributed by atoms with Crippen molar-refractivity contribution >= 4 is 11.9 Å². The van der Waals surface area contributed by atoms with Crippen LogP contribution in [0.15, 0.2) is 4.99 Å². The Balaban J connectivity index is 2.79. The Morgan fingerprint density at radius 1 is 1.33 bits per heavy atom. The molecule has 21 heavy (non-hydrogen) atoms. The molecule has 1 saturated heterocycles. The molecule has 5 heteroatoms. The van der Waals surface area contributed by atoms with Crippen LogP contribution in [-0.4, -0.2) is 61.4 Å². The molecule has 5 nitrogen and oxygen atoms in total. The number of carbonyl (C=O) groups is 1. The monoisotopic (exact) mass is 296 g/mol. The summed E-state index contributed by atoms with van der Waals surface area (Å²) in [5.74, 6) is 0.915. The third-order valence-electron chi connectivity index (χ3n) is 4.52. The van der Waals surface area contributed by atoms with Gasteiger partial charge in [-0.1, -0.05) is 13.8 Å². The van der Waals surface area contributed by atoms with Crippen molar-refractivity contribution in [1.82, 2.24) is 15.1 Å². The molecule has 0 aromatic heterocycles. The van der Waals surface area contributed by atoms with Gasteiger partial charge in [0.05, 0.1) is 0 Å². The van der Waals surface area contributed by atoms with Crippen molar-refractivity contribution in [2.24, 2.45) is 10.4 Å². The molecular weight excluding hydrogens is 264 g/mol. The summed E-state index contributed by atoms with van der Waals surface area (Å²) >= 11 is 0. The van der Waals surface area contributed by atoms with E-state index in [-0.39, 0.29) is 12.5 Å². The number of hydrogen-bond acceptors (Lipinski definition) is 2. The maximum Gasteiger partial charge on any atom is 0.243 e. The summed E-state index contributed by atoms with van der Waals surface area (Å²) in [5, 5.41) is 3.41. The Hall–Kier alpha value is -1.26. The van der Waals surface area contributed by atoms with Gasteiger partial charge in [0.25, 0.3) is 0 Å². The van der Waals surface area contributed by atoms with Gasteiger partial charge in [-0.3, -0.25) is 4.79 Å². The molecule has 0 radical (unpaired) electrons. The van der Waals surface area contributed by atoms with Crippen molar-refractivity contribution < 1.29 is 4.79 Å². The van der Waals surface area contributed by atoms with Crippen LogP contribution >= 0.6 is 0 Å². The number of hydrogen-bond donors (Lipinski definition) is 1. The lowest BCUT2D eigenvalue weighted by Gasteiger charge is -2.28. The molecule has 0 aliphatic carbocycles. The number of guanidine groups is 1. The van der Waals surface area contributed by atoms with Gasteiger partial charge in [0.15, 0.2) is 5.96 Å². The minimum Gasteiger partial charge on any atom is -0.354 e. The first-order chi connectivity index (χ1) is 9.83. The number of likely N-dealkylation sites (tertiary alicyclic amines) is 1. The van der Waals surface area contributed by atoms with Crippen LogP contribution in [0.4, 0.5) is 0 Å². The summed E-state index contributed by atoms with van der Waals surface area (Å²) in [6, 6.07) is 0.316. The van der Waals surface area contributed by atoms with Crippen LogP contribution in [0.1, 0.15) is 47.0 Å². The number of carbonyl (C=O) groups excluding carboxylic acids is 1. The van der Waals surface area contributed by atoms with E-state index in [2.05, 4.69) is 42.9 Å². The number of nitrogens with one attached hydrogen (secondary N) is 1. The molecule has 1 rings (SSSR count). The van der Waals surface area contributed by atoms with Gasteiger partial charge >= 0.3 is 0 Å². The molecule has 0 aromatic rings. The maximum absolute atomic E-state index is 11.8. The summed E-state index contributed by atoms with van der Waals surface area (Å²) in [5.41, 5.74) is 0.408. The highest BCUT2D eigenvalue weighted by Crippen LogP contribution is 2.36. The van der Waals surface area contributed by atoms with Crippen molar-refractivity contribution in [2.45, 2.75) is 53.0 Å². The first-order valence-electron chi connectivity index (χ1n) is 8.09. The maximum atomic E-state index is 11.8. The fourth-order valence-corrected chi connectivity index (χ4v) is 2.72. The van der Waals surface area contributed by atoms with Gasteiger partial charge < -0.3 is 15.1 Å². The molecule has 0 saturated carbocycles. The molecule has 0 bridgehead atoms. The Kier molecular flexibility index (Phi) is 6.49. The van der Waals surface area contributed by atoms with Gasteiger partial charge in [0, 0.05) is 33.2 Å². The van der Waals surface area contributed by atoms with Crippen LogP contribution in [0.2, 0.25) is 0 Å². The molecule has 1 fully saturated rings. The summed E-state index contributed by atoms with van der Waals surface area (Å²) in [6.45, 7) is 11.0. The van der Waals surface area contributed by atoms with Crippen LogP contribution in [0.25, 0.3) is 0 Å². The SMILES string of the molecule is CCC1(CC)CCN(C(=NCC(=O)N(C)C)NC(C)C)C1.